The highest BCUT2D eigenvalue weighted by molar-refractivity contribution is 6.40. The van der Waals surface area contributed by atoms with Crippen LogP contribution < -0.4 is 0 Å². The van der Waals surface area contributed by atoms with E-state index in [2.05, 4.69) is 0 Å². The van der Waals surface area contributed by atoms with Gasteiger partial charge in [-0.2, -0.15) is 0 Å². The van der Waals surface area contributed by atoms with E-state index >= 15 is 0 Å². The van der Waals surface area contributed by atoms with Crippen molar-refractivity contribution in [3.8, 4) is 0 Å². The lowest BCUT2D eigenvalue weighted by Gasteiger charge is -2.07. The van der Waals surface area contributed by atoms with Gasteiger partial charge in [0.2, 0.25) is 0 Å². The number of aliphatic hydroxyl groups is 1. The van der Waals surface area contributed by atoms with Crippen LogP contribution in [0.4, 0.5) is 0 Å². The first-order chi connectivity index (χ1) is 8.68. The van der Waals surface area contributed by atoms with Crippen LogP contribution >= 0.6 is 11.6 Å². The van der Waals surface area contributed by atoms with Gasteiger partial charge in [-0.3, -0.25) is 0 Å². The molecule has 0 radical (unpaired) electrons. The first-order valence-electron chi connectivity index (χ1n) is 5.91. The summed E-state index contributed by atoms with van der Waals surface area (Å²) >= 11 is 6.29. The van der Waals surface area contributed by atoms with Crippen LogP contribution in [0.5, 0.6) is 0 Å². The van der Waals surface area contributed by atoms with E-state index in [0.29, 0.717) is 17.0 Å². The van der Waals surface area contributed by atoms with Crippen molar-refractivity contribution in [1.29, 1.82) is 0 Å². The van der Waals surface area contributed by atoms with Gasteiger partial charge in [0.1, 0.15) is 5.58 Å². The van der Waals surface area contributed by atoms with Crippen molar-refractivity contribution in [2.45, 2.75) is 25.9 Å². The average molecular weight is 265 g/mol. The van der Waals surface area contributed by atoms with Crippen molar-refractivity contribution in [3.05, 3.63) is 35.2 Å². The molecule has 18 heavy (non-hydrogen) atoms. The lowest BCUT2D eigenvalue weighted by molar-refractivity contribution is 0.185. The van der Waals surface area contributed by atoms with Gasteiger partial charge in [-0.1, -0.05) is 11.6 Å². The van der Waals surface area contributed by atoms with Crippen molar-refractivity contribution in [2.24, 2.45) is 0 Å². The zero-order valence-electron chi connectivity index (χ0n) is 9.94. The van der Waals surface area contributed by atoms with Gasteiger partial charge in [0.15, 0.2) is 5.58 Å². The fourth-order valence-corrected chi connectivity index (χ4v) is 2.57. The van der Waals surface area contributed by atoms with Crippen molar-refractivity contribution >= 4 is 33.5 Å². The minimum Gasteiger partial charge on any atom is -0.464 e. The molecule has 1 N–H and O–H groups in total. The summed E-state index contributed by atoms with van der Waals surface area (Å²) in [4.78, 5) is 0. The van der Waals surface area contributed by atoms with Crippen LogP contribution in [0.3, 0.4) is 0 Å². The molecule has 0 aliphatic heterocycles. The molecule has 3 rings (SSSR count). The van der Waals surface area contributed by atoms with E-state index < -0.39 is 0 Å². The molecule has 2 heterocycles. The third-order valence-corrected chi connectivity index (χ3v) is 3.55. The van der Waals surface area contributed by atoms with Gasteiger partial charge in [0.25, 0.3) is 0 Å². The van der Waals surface area contributed by atoms with Gasteiger partial charge >= 0.3 is 0 Å². The number of rotatable bonds is 3. The molecule has 3 nitrogen and oxygen atoms in total. The predicted molar refractivity (Wildman–Crippen MR) is 71.0 cm³/mol. The summed E-state index contributed by atoms with van der Waals surface area (Å²) < 4.78 is 11.0. The third-order valence-electron chi connectivity index (χ3n) is 3.18. The molecule has 0 bridgehead atoms. The zero-order chi connectivity index (χ0) is 12.7. The van der Waals surface area contributed by atoms with Crippen LogP contribution in [0.25, 0.3) is 21.9 Å². The van der Waals surface area contributed by atoms with E-state index in [4.69, 9.17) is 20.4 Å². The number of hydrogen-bond acceptors (Lipinski definition) is 3. The largest absolute Gasteiger partial charge is 0.464 e. The smallest absolute Gasteiger partial charge is 0.153 e. The Hall–Kier alpha value is -1.45. The quantitative estimate of drug-likeness (QED) is 0.773. The Morgan fingerprint density at radius 1 is 1.17 bits per heavy atom. The highest BCUT2D eigenvalue weighted by atomic mass is 35.5. The summed E-state index contributed by atoms with van der Waals surface area (Å²) in [5.41, 5.74) is 2.52. The van der Waals surface area contributed by atoms with Crippen molar-refractivity contribution in [1.82, 2.24) is 0 Å². The SMILES string of the molecule is CC(O)CCc1c2ccoc2c(Cl)c2ccoc12. The molecular formula is C14H13ClO3. The number of halogens is 1. The molecule has 0 aliphatic carbocycles. The van der Waals surface area contributed by atoms with Crippen LogP contribution in [0, 0.1) is 0 Å². The Balaban J connectivity index is 2.26. The molecule has 94 valence electrons. The summed E-state index contributed by atoms with van der Waals surface area (Å²) in [5.74, 6) is 0. The molecule has 0 saturated heterocycles. The number of aliphatic hydroxyl groups excluding tert-OH is 1. The molecule has 1 atom stereocenters. The number of furan rings is 2. The fourth-order valence-electron chi connectivity index (χ4n) is 2.28. The summed E-state index contributed by atoms with van der Waals surface area (Å²) in [5, 5.41) is 11.8. The number of hydrogen-bond donors (Lipinski definition) is 1. The Labute approximate surface area is 109 Å². The van der Waals surface area contributed by atoms with Crippen LogP contribution in [0.2, 0.25) is 5.02 Å². The first kappa shape index (κ1) is 11.6. The first-order valence-corrected chi connectivity index (χ1v) is 6.29. The molecule has 1 unspecified atom stereocenters. The van der Waals surface area contributed by atoms with Crippen molar-refractivity contribution < 1.29 is 13.9 Å². The van der Waals surface area contributed by atoms with Crippen molar-refractivity contribution in [2.75, 3.05) is 0 Å². The third kappa shape index (κ3) is 1.71. The van der Waals surface area contributed by atoms with Gasteiger partial charge in [0, 0.05) is 16.3 Å². The van der Waals surface area contributed by atoms with E-state index in [0.717, 1.165) is 28.3 Å². The highest BCUT2D eigenvalue weighted by Gasteiger charge is 2.17. The fraction of sp³-hybridized carbons (Fsp3) is 0.286. The Morgan fingerprint density at radius 2 is 1.83 bits per heavy atom. The second-order valence-corrected chi connectivity index (χ2v) is 4.88. The maximum Gasteiger partial charge on any atom is 0.153 e. The van der Waals surface area contributed by atoms with Crippen molar-refractivity contribution in [3.63, 3.8) is 0 Å². The minimum atomic E-state index is -0.340. The average Bonchev–Trinajstić information content (AvgIpc) is 2.95. The van der Waals surface area contributed by atoms with Crippen LogP contribution in [0.15, 0.2) is 33.5 Å². The Morgan fingerprint density at radius 3 is 2.56 bits per heavy atom. The molecule has 0 saturated carbocycles. The molecule has 4 heteroatoms. The second-order valence-electron chi connectivity index (χ2n) is 4.51. The van der Waals surface area contributed by atoms with E-state index in [-0.39, 0.29) is 6.10 Å². The minimum absolute atomic E-state index is 0.340. The van der Waals surface area contributed by atoms with Crippen LogP contribution in [-0.4, -0.2) is 11.2 Å². The molecule has 2 aromatic heterocycles. The molecule has 3 aromatic rings. The van der Waals surface area contributed by atoms with Gasteiger partial charge in [0.05, 0.1) is 23.7 Å². The molecule has 0 fully saturated rings. The summed E-state index contributed by atoms with van der Waals surface area (Å²) in [6.07, 6.45) is 4.32. The van der Waals surface area contributed by atoms with Gasteiger partial charge < -0.3 is 13.9 Å². The molecular weight excluding hydrogens is 252 g/mol. The molecule has 0 aliphatic rings. The normalized spacial score (nSPS) is 13.5. The molecule has 1 aromatic carbocycles. The second kappa shape index (κ2) is 4.34. The van der Waals surface area contributed by atoms with E-state index in [1.807, 2.05) is 12.1 Å². The summed E-state index contributed by atoms with van der Waals surface area (Å²) in [6.45, 7) is 1.78. The zero-order valence-corrected chi connectivity index (χ0v) is 10.7. The Bertz CT molecular complexity index is 642. The molecule has 0 amide bonds. The lowest BCUT2D eigenvalue weighted by atomic mass is 10.0. The Kier molecular flexibility index (Phi) is 2.80. The van der Waals surface area contributed by atoms with Gasteiger partial charge in [-0.15, -0.1) is 0 Å². The predicted octanol–water partition coefficient (Wildman–Crippen LogP) is 4.15. The van der Waals surface area contributed by atoms with Gasteiger partial charge in [-0.25, -0.2) is 0 Å². The van der Waals surface area contributed by atoms with E-state index in [1.54, 1.807) is 19.5 Å². The number of aryl methyl sites for hydroxylation is 1. The summed E-state index contributed by atoms with van der Waals surface area (Å²) in [7, 11) is 0. The lowest BCUT2D eigenvalue weighted by Crippen LogP contribution is -2.01. The molecule has 0 spiro atoms. The maximum absolute atomic E-state index is 9.43. The maximum atomic E-state index is 9.43. The van der Waals surface area contributed by atoms with Crippen LogP contribution in [-0.2, 0) is 6.42 Å². The number of benzene rings is 1. The van der Waals surface area contributed by atoms with E-state index in [9.17, 15) is 5.11 Å². The van der Waals surface area contributed by atoms with Gasteiger partial charge in [-0.05, 0) is 31.9 Å². The van der Waals surface area contributed by atoms with Crippen LogP contribution in [0.1, 0.15) is 18.9 Å². The summed E-state index contributed by atoms with van der Waals surface area (Å²) in [6, 6.07) is 3.73. The number of fused-ring (bicyclic) bond motifs is 2. The topological polar surface area (TPSA) is 46.5 Å². The van der Waals surface area contributed by atoms with E-state index in [1.165, 1.54) is 0 Å². The monoisotopic (exact) mass is 264 g/mol. The standard InChI is InChI=1S/C14H13ClO3/c1-8(16)2-3-9-10-4-6-18-14(10)12(15)11-5-7-17-13(9)11/h4-8,16H,2-3H2,1H3. The highest BCUT2D eigenvalue weighted by Crippen LogP contribution is 2.37.